The van der Waals surface area contributed by atoms with Gasteiger partial charge in [0.05, 0.1) is 6.26 Å². The maximum atomic E-state index is 13.3. The fourth-order valence-electron chi connectivity index (χ4n) is 4.82. The number of likely N-dealkylation sites (tertiary alicyclic amines) is 1. The lowest BCUT2D eigenvalue weighted by Gasteiger charge is -2.32. The fraction of sp³-hybridized carbons (Fsp3) is 0.429. The molecule has 1 heterocycles. The average Bonchev–Trinajstić information content (AvgIpc) is 2.88. The van der Waals surface area contributed by atoms with Crippen LogP contribution in [0.5, 0.6) is 0 Å². The van der Waals surface area contributed by atoms with Crippen molar-refractivity contribution >= 4 is 10.1 Å². The van der Waals surface area contributed by atoms with E-state index in [0.717, 1.165) is 31.1 Å². The van der Waals surface area contributed by atoms with Gasteiger partial charge in [-0.15, -0.1) is 0 Å². The zero-order chi connectivity index (χ0) is 19.2. The highest BCUT2D eigenvalue weighted by Crippen LogP contribution is 2.49. The monoisotopic (exact) mass is 389 g/mol. The second-order valence-electron chi connectivity index (χ2n) is 7.68. The number of likely N-dealkylation sites (N-methyl/N-ethyl adjacent to an activating group) is 1. The van der Waals surface area contributed by atoms with Gasteiger partial charge < -0.3 is 0 Å². The topological polar surface area (TPSA) is 46.6 Å². The minimum Gasteiger partial charge on any atom is -0.276 e. The molecule has 2 aliphatic rings. The second-order valence-corrected chi connectivity index (χ2v) is 9.28. The first-order valence-electron chi connectivity index (χ1n) is 9.26. The van der Waals surface area contributed by atoms with Crippen LogP contribution in [0.1, 0.15) is 29.0 Å². The molecule has 27 heavy (non-hydrogen) atoms. The maximum absolute atomic E-state index is 13.3. The van der Waals surface area contributed by atoms with Gasteiger partial charge >= 0.3 is 0 Å². The van der Waals surface area contributed by atoms with Crippen molar-refractivity contribution in [3.8, 4) is 0 Å². The van der Waals surface area contributed by atoms with Gasteiger partial charge in [-0.05, 0) is 61.1 Å². The Morgan fingerprint density at radius 1 is 1.15 bits per heavy atom. The molecule has 0 bridgehead atoms. The minimum absolute atomic E-state index is 0.0140. The standard InChI is InChI=1S/C21H24FNO3S/c1-23-19(13-14-7-10-16(22)11-8-14)18-12-9-15-5-3-4-6-17(15)20(18)21(23)26-27(2,24)25/h3-8,10-11,18-21H,9,12-13H2,1-2H3. The molecule has 1 saturated heterocycles. The molecule has 0 aromatic heterocycles. The molecule has 4 rings (SSSR count). The summed E-state index contributed by atoms with van der Waals surface area (Å²) in [4.78, 5) is 2.06. The van der Waals surface area contributed by atoms with Crippen LogP contribution in [-0.2, 0) is 27.1 Å². The van der Waals surface area contributed by atoms with Gasteiger partial charge in [0, 0.05) is 12.0 Å². The molecule has 0 radical (unpaired) electrons. The van der Waals surface area contributed by atoms with E-state index in [1.54, 1.807) is 12.1 Å². The van der Waals surface area contributed by atoms with E-state index in [0.29, 0.717) is 5.92 Å². The number of halogens is 1. The van der Waals surface area contributed by atoms with Crippen LogP contribution in [0.2, 0.25) is 0 Å². The van der Waals surface area contributed by atoms with Crippen molar-refractivity contribution in [2.75, 3.05) is 13.3 Å². The fourth-order valence-corrected chi connectivity index (χ4v) is 5.44. The highest BCUT2D eigenvalue weighted by Gasteiger charge is 2.51. The van der Waals surface area contributed by atoms with Crippen molar-refractivity contribution in [3.05, 3.63) is 71.0 Å². The lowest BCUT2D eigenvalue weighted by molar-refractivity contribution is 0.0564. The largest absolute Gasteiger partial charge is 0.276 e. The first-order valence-corrected chi connectivity index (χ1v) is 11.1. The van der Waals surface area contributed by atoms with Gasteiger partial charge in [-0.1, -0.05) is 36.4 Å². The molecule has 1 aliphatic carbocycles. The van der Waals surface area contributed by atoms with Gasteiger partial charge in [-0.3, -0.25) is 9.08 Å². The van der Waals surface area contributed by atoms with E-state index in [-0.39, 0.29) is 17.8 Å². The maximum Gasteiger partial charge on any atom is 0.265 e. The van der Waals surface area contributed by atoms with E-state index >= 15 is 0 Å². The lowest BCUT2D eigenvalue weighted by Crippen LogP contribution is -2.38. The quantitative estimate of drug-likeness (QED) is 0.753. The van der Waals surface area contributed by atoms with Crippen molar-refractivity contribution in [1.29, 1.82) is 0 Å². The van der Waals surface area contributed by atoms with Gasteiger partial charge in [0.1, 0.15) is 12.0 Å². The molecular weight excluding hydrogens is 365 g/mol. The molecule has 4 atom stereocenters. The van der Waals surface area contributed by atoms with Gasteiger partial charge in [-0.25, -0.2) is 4.39 Å². The Bertz CT molecular complexity index is 929. The Morgan fingerprint density at radius 3 is 2.56 bits per heavy atom. The molecule has 0 N–H and O–H groups in total. The van der Waals surface area contributed by atoms with Crippen molar-refractivity contribution in [3.63, 3.8) is 0 Å². The summed E-state index contributed by atoms with van der Waals surface area (Å²) in [6, 6.07) is 15.0. The van der Waals surface area contributed by atoms with E-state index in [1.165, 1.54) is 23.3 Å². The van der Waals surface area contributed by atoms with Crippen LogP contribution in [-0.4, -0.2) is 38.9 Å². The van der Waals surface area contributed by atoms with Crippen LogP contribution in [0.25, 0.3) is 0 Å². The van der Waals surface area contributed by atoms with Crippen LogP contribution >= 0.6 is 0 Å². The number of fused-ring (bicyclic) bond motifs is 3. The Labute approximate surface area is 160 Å². The number of aryl methyl sites for hydroxylation is 1. The predicted octanol–water partition coefficient (Wildman–Crippen LogP) is 3.33. The van der Waals surface area contributed by atoms with Gasteiger partial charge in [0.25, 0.3) is 10.1 Å². The molecule has 4 unspecified atom stereocenters. The number of benzene rings is 2. The molecule has 144 valence electrons. The molecule has 2 aromatic rings. The molecular formula is C21H24FNO3S. The Balaban J connectivity index is 1.71. The van der Waals surface area contributed by atoms with E-state index in [2.05, 4.69) is 17.0 Å². The van der Waals surface area contributed by atoms with Crippen LogP contribution in [0.3, 0.4) is 0 Å². The van der Waals surface area contributed by atoms with Gasteiger partial charge in [0.2, 0.25) is 0 Å². The molecule has 0 spiro atoms. The predicted molar refractivity (Wildman–Crippen MR) is 102 cm³/mol. The summed E-state index contributed by atoms with van der Waals surface area (Å²) >= 11 is 0. The summed E-state index contributed by atoms with van der Waals surface area (Å²) in [6.45, 7) is 0. The highest BCUT2D eigenvalue weighted by atomic mass is 32.2. The first-order chi connectivity index (χ1) is 12.8. The number of rotatable bonds is 4. The molecule has 1 aliphatic heterocycles. The summed E-state index contributed by atoms with van der Waals surface area (Å²) < 4.78 is 42.7. The summed E-state index contributed by atoms with van der Waals surface area (Å²) in [5.41, 5.74) is 3.51. The zero-order valence-corrected chi connectivity index (χ0v) is 16.3. The van der Waals surface area contributed by atoms with Crippen molar-refractivity contribution in [2.24, 2.45) is 5.92 Å². The van der Waals surface area contributed by atoms with Crippen LogP contribution in [0.15, 0.2) is 48.5 Å². The van der Waals surface area contributed by atoms with Gasteiger partial charge in [0.15, 0.2) is 0 Å². The molecule has 2 aromatic carbocycles. The number of hydrogen-bond acceptors (Lipinski definition) is 4. The summed E-state index contributed by atoms with van der Waals surface area (Å²) in [5, 5.41) is 0. The molecule has 0 amide bonds. The minimum atomic E-state index is -3.59. The van der Waals surface area contributed by atoms with E-state index < -0.39 is 16.3 Å². The third-order valence-electron chi connectivity index (χ3n) is 5.98. The van der Waals surface area contributed by atoms with E-state index in [9.17, 15) is 12.8 Å². The van der Waals surface area contributed by atoms with Crippen LogP contribution < -0.4 is 0 Å². The smallest absolute Gasteiger partial charge is 0.265 e. The van der Waals surface area contributed by atoms with E-state index in [1.807, 2.05) is 19.2 Å². The third-order valence-corrected chi connectivity index (χ3v) is 6.53. The third kappa shape index (κ3) is 3.66. The van der Waals surface area contributed by atoms with Crippen LogP contribution in [0, 0.1) is 11.7 Å². The zero-order valence-electron chi connectivity index (χ0n) is 15.5. The molecule has 4 nitrogen and oxygen atoms in total. The van der Waals surface area contributed by atoms with Crippen molar-refractivity contribution < 1.29 is 17.0 Å². The first kappa shape index (κ1) is 18.6. The lowest BCUT2D eigenvalue weighted by atomic mass is 9.73. The summed E-state index contributed by atoms with van der Waals surface area (Å²) in [5.74, 6) is 0.0584. The highest BCUT2D eigenvalue weighted by molar-refractivity contribution is 7.86. The number of hydrogen-bond donors (Lipinski definition) is 0. The Kier molecular flexibility index (Phi) is 4.82. The normalized spacial score (nSPS) is 28.0. The average molecular weight is 389 g/mol. The summed E-state index contributed by atoms with van der Waals surface area (Å²) in [6.07, 6.45) is 3.30. The molecule has 1 fully saturated rings. The SMILES string of the molecule is CN1C(Cc2ccc(F)cc2)C2CCc3ccccc3C2C1OS(C)(=O)=O. The second kappa shape index (κ2) is 7.00. The van der Waals surface area contributed by atoms with Crippen molar-refractivity contribution in [1.82, 2.24) is 4.90 Å². The van der Waals surface area contributed by atoms with Gasteiger partial charge in [-0.2, -0.15) is 8.42 Å². The number of nitrogens with zero attached hydrogens (tertiary/aromatic N) is 1. The molecule has 0 saturated carbocycles. The Hall–Kier alpha value is -1.76. The Morgan fingerprint density at radius 2 is 1.85 bits per heavy atom. The van der Waals surface area contributed by atoms with Crippen molar-refractivity contribution in [2.45, 2.75) is 37.5 Å². The molecule has 6 heteroatoms. The van der Waals surface area contributed by atoms with Crippen LogP contribution in [0.4, 0.5) is 4.39 Å². The van der Waals surface area contributed by atoms with E-state index in [4.69, 9.17) is 4.18 Å². The summed E-state index contributed by atoms with van der Waals surface area (Å²) in [7, 11) is -1.65.